The number of anilines is 1. The lowest BCUT2D eigenvalue weighted by Gasteiger charge is -2.12. The Labute approximate surface area is 140 Å². The van der Waals surface area contributed by atoms with Crippen molar-refractivity contribution in [2.24, 2.45) is 0 Å². The SMILES string of the molecule is CN(C)c1ccc(C(=O)NCCCSc2ccc(F)cc2)cc1. The lowest BCUT2D eigenvalue weighted by Crippen LogP contribution is -2.24. The number of benzene rings is 2. The van der Waals surface area contributed by atoms with Crippen molar-refractivity contribution < 1.29 is 9.18 Å². The van der Waals surface area contributed by atoms with Gasteiger partial charge in [-0.1, -0.05) is 0 Å². The molecule has 0 aliphatic rings. The molecule has 0 fully saturated rings. The fraction of sp³-hybridized carbons (Fsp3) is 0.278. The Morgan fingerprint density at radius 1 is 1.09 bits per heavy atom. The molecule has 2 rings (SSSR count). The van der Waals surface area contributed by atoms with Crippen molar-refractivity contribution in [2.45, 2.75) is 11.3 Å². The van der Waals surface area contributed by atoms with Gasteiger partial charge in [0.05, 0.1) is 0 Å². The maximum atomic E-state index is 12.8. The first kappa shape index (κ1) is 17.3. The highest BCUT2D eigenvalue weighted by atomic mass is 32.2. The molecule has 0 aliphatic carbocycles. The maximum Gasteiger partial charge on any atom is 0.251 e. The first-order chi connectivity index (χ1) is 11.1. The minimum atomic E-state index is -0.220. The fourth-order valence-electron chi connectivity index (χ4n) is 2.01. The third kappa shape index (κ3) is 5.60. The van der Waals surface area contributed by atoms with Gasteiger partial charge in [-0.25, -0.2) is 4.39 Å². The van der Waals surface area contributed by atoms with Gasteiger partial charge in [0.2, 0.25) is 0 Å². The van der Waals surface area contributed by atoms with Crippen LogP contribution >= 0.6 is 11.8 Å². The van der Waals surface area contributed by atoms with Crippen LogP contribution in [-0.2, 0) is 0 Å². The molecule has 0 saturated carbocycles. The van der Waals surface area contributed by atoms with E-state index in [0.29, 0.717) is 12.1 Å². The normalized spacial score (nSPS) is 10.4. The molecule has 0 heterocycles. The van der Waals surface area contributed by atoms with Gasteiger partial charge >= 0.3 is 0 Å². The Kier molecular flexibility index (Phi) is 6.47. The van der Waals surface area contributed by atoms with Crippen molar-refractivity contribution in [3.05, 3.63) is 59.9 Å². The van der Waals surface area contributed by atoms with E-state index in [0.717, 1.165) is 22.8 Å². The highest BCUT2D eigenvalue weighted by Gasteiger charge is 2.05. The molecule has 1 amide bonds. The lowest BCUT2D eigenvalue weighted by molar-refractivity contribution is 0.0954. The summed E-state index contributed by atoms with van der Waals surface area (Å²) >= 11 is 1.66. The molecule has 0 aliphatic heterocycles. The quantitative estimate of drug-likeness (QED) is 0.618. The predicted octanol–water partition coefficient (Wildman–Crippen LogP) is 3.80. The summed E-state index contributed by atoms with van der Waals surface area (Å²) in [6.07, 6.45) is 0.865. The van der Waals surface area contributed by atoms with E-state index in [2.05, 4.69) is 5.32 Å². The van der Waals surface area contributed by atoms with Crippen LogP contribution in [0.5, 0.6) is 0 Å². The van der Waals surface area contributed by atoms with Gasteiger partial charge in [-0.3, -0.25) is 4.79 Å². The Bertz CT molecular complexity index is 626. The van der Waals surface area contributed by atoms with E-state index in [1.807, 2.05) is 43.3 Å². The molecule has 0 atom stereocenters. The number of halogens is 1. The van der Waals surface area contributed by atoms with Gasteiger partial charge in [0.1, 0.15) is 5.82 Å². The number of carbonyl (C=O) groups is 1. The molecule has 23 heavy (non-hydrogen) atoms. The lowest BCUT2D eigenvalue weighted by atomic mass is 10.2. The summed E-state index contributed by atoms with van der Waals surface area (Å²) < 4.78 is 12.8. The van der Waals surface area contributed by atoms with Crippen LogP contribution in [0.1, 0.15) is 16.8 Å². The van der Waals surface area contributed by atoms with Crippen molar-refractivity contribution >= 4 is 23.4 Å². The molecule has 0 aromatic heterocycles. The van der Waals surface area contributed by atoms with Crippen molar-refractivity contribution in [1.82, 2.24) is 5.32 Å². The molecule has 0 unspecified atom stereocenters. The summed E-state index contributed by atoms with van der Waals surface area (Å²) in [4.78, 5) is 15.1. The van der Waals surface area contributed by atoms with Gasteiger partial charge in [0, 0.05) is 36.8 Å². The molecule has 3 nitrogen and oxygen atoms in total. The third-order valence-corrected chi connectivity index (χ3v) is 4.43. The Morgan fingerprint density at radius 3 is 2.35 bits per heavy atom. The van der Waals surface area contributed by atoms with Gasteiger partial charge in [0.15, 0.2) is 0 Å². The Morgan fingerprint density at radius 2 is 1.74 bits per heavy atom. The van der Waals surface area contributed by atoms with Crippen molar-refractivity contribution in [3.8, 4) is 0 Å². The van der Waals surface area contributed by atoms with Crippen LogP contribution in [0.15, 0.2) is 53.4 Å². The monoisotopic (exact) mass is 332 g/mol. The molecular weight excluding hydrogens is 311 g/mol. The standard InChI is InChI=1S/C18H21FN2OS/c1-21(2)16-8-4-14(5-9-16)18(22)20-12-3-13-23-17-10-6-15(19)7-11-17/h4-11H,3,12-13H2,1-2H3,(H,20,22). The highest BCUT2D eigenvalue weighted by Crippen LogP contribution is 2.18. The summed E-state index contributed by atoms with van der Waals surface area (Å²) in [5.74, 6) is 0.606. The Balaban J connectivity index is 1.69. The number of thioether (sulfide) groups is 1. The molecule has 0 spiro atoms. The van der Waals surface area contributed by atoms with Crippen LogP contribution in [0, 0.1) is 5.82 Å². The van der Waals surface area contributed by atoms with Crippen LogP contribution in [0.3, 0.4) is 0 Å². The zero-order valence-electron chi connectivity index (χ0n) is 13.4. The number of amides is 1. The average Bonchev–Trinajstić information content (AvgIpc) is 2.56. The predicted molar refractivity (Wildman–Crippen MR) is 94.8 cm³/mol. The van der Waals surface area contributed by atoms with E-state index < -0.39 is 0 Å². The summed E-state index contributed by atoms with van der Waals surface area (Å²) in [5, 5.41) is 2.92. The van der Waals surface area contributed by atoms with E-state index in [-0.39, 0.29) is 11.7 Å². The number of hydrogen-bond donors (Lipinski definition) is 1. The Hall–Kier alpha value is -2.01. The second-order valence-corrected chi connectivity index (χ2v) is 6.52. The fourth-order valence-corrected chi connectivity index (χ4v) is 2.86. The topological polar surface area (TPSA) is 32.3 Å². The number of rotatable bonds is 7. The second-order valence-electron chi connectivity index (χ2n) is 5.35. The molecule has 5 heteroatoms. The molecule has 0 radical (unpaired) electrons. The number of nitrogens with zero attached hydrogens (tertiary/aromatic N) is 1. The van der Waals surface area contributed by atoms with Crippen molar-refractivity contribution in [2.75, 3.05) is 31.3 Å². The summed E-state index contributed by atoms with van der Waals surface area (Å²) in [6, 6.07) is 14.0. The average molecular weight is 332 g/mol. The summed E-state index contributed by atoms with van der Waals surface area (Å²) in [6.45, 7) is 0.627. The minimum absolute atomic E-state index is 0.0536. The molecule has 2 aromatic rings. The van der Waals surface area contributed by atoms with Crippen LogP contribution in [-0.4, -0.2) is 32.3 Å². The first-order valence-electron chi connectivity index (χ1n) is 7.50. The summed E-state index contributed by atoms with van der Waals surface area (Å²) in [7, 11) is 3.93. The van der Waals surface area contributed by atoms with Gasteiger partial charge in [-0.15, -0.1) is 11.8 Å². The van der Waals surface area contributed by atoms with Gasteiger partial charge in [-0.2, -0.15) is 0 Å². The smallest absolute Gasteiger partial charge is 0.251 e. The number of nitrogens with one attached hydrogen (secondary N) is 1. The van der Waals surface area contributed by atoms with Crippen LogP contribution < -0.4 is 10.2 Å². The van der Waals surface area contributed by atoms with Crippen LogP contribution in [0.25, 0.3) is 0 Å². The minimum Gasteiger partial charge on any atom is -0.378 e. The maximum absolute atomic E-state index is 12.8. The zero-order chi connectivity index (χ0) is 16.7. The molecule has 2 aromatic carbocycles. The summed E-state index contributed by atoms with van der Waals surface area (Å²) in [5.41, 5.74) is 1.74. The molecule has 0 saturated heterocycles. The highest BCUT2D eigenvalue weighted by molar-refractivity contribution is 7.99. The van der Waals surface area contributed by atoms with Crippen LogP contribution in [0.2, 0.25) is 0 Å². The van der Waals surface area contributed by atoms with E-state index >= 15 is 0 Å². The molecule has 1 N–H and O–H groups in total. The van der Waals surface area contributed by atoms with Crippen LogP contribution in [0.4, 0.5) is 10.1 Å². The van der Waals surface area contributed by atoms with Gasteiger partial charge in [0.25, 0.3) is 5.91 Å². The van der Waals surface area contributed by atoms with E-state index in [4.69, 9.17) is 0 Å². The number of hydrogen-bond acceptors (Lipinski definition) is 3. The number of carbonyl (C=O) groups excluding carboxylic acids is 1. The van der Waals surface area contributed by atoms with Crippen molar-refractivity contribution in [1.29, 1.82) is 0 Å². The first-order valence-corrected chi connectivity index (χ1v) is 8.49. The molecule has 122 valence electrons. The van der Waals surface area contributed by atoms with E-state index in [9.17, 15) is 9.18 Å². The van der Waals surface area contributed by atoms with E-state index in [1.54, 1.807) is 23.9 Å². The van der Waals surface area contributed by atoms with Gasteiger partial charge < -0.3 is 10.2 Å². The second kappa shape index (κ2) is 8.58. The molecular formula is C18H21FN2OS. The molecule has 0 bridgehead atoms. The largest absolute Gasteiger partial charge is 0.378 e. The van der Waals surface area contributed by atoms with Crippen molar-refractivity contribution in [3.63, 3.8) is 0 Å². The third-order valence-electron chi connectivity index (χ3n) is 3.33. The van der Waals surface area contributed by atoms with Gasteiger partial charge in [-0.05, 0) is 60.7 Å². The van der Waals surface area contributed by atoms with E-state index in [1.165, 1.54) is 12.1 Å². The zero-order valence-corrected chi connectivity index (χ0v) is 14.2.